The van der Waals surface area contributed by atoms with Crippen molar-refractivity contribution >= 4 is 40.4 Å². The molecule has 58 valence electrons. The lowest BCUT2D eigenvalue weighted by Crippen LogP contribution is -1.82. The molecule has 0 bridgehead atoms. The summed E-state index contributed by atoms with van der Waals surface area (Å²) >= 11 is 7.88. The number of nitrogens with zero attached hydrogens (tertiary/aromatic N) is 1. The Bertz CT molecular complexity index is 288. The monoisotopic (exact) mass is 281 g/mol. The van der Waals surface area contributed by atoms with Crippen LogP contribution in [0.2, 0.25) is 5.02 Å². The zero-order valence-corrected chi connectivity index (χ0v) is 8.37. The molecule has 0 fully saturated rings. The van der Waals surface area contributed by atoms with Crippen LogP contribution >= 0.6 is 34.2 Å². The standard InChI is InChI=1S/C7H5ClINO/c8-6-2-1-5(4-10-11)3-7(6)9/h1-4,11H/b10-4-. The number of halogens is 2. The fourth-order valence-electron chi connectivity index (χ4n) is 0.659. The maximum Gasteiger partial charge on any atom is 0.0734 e. The molecule has 4 heteroatoms. The lowest BCUT2D eigenvalue weighted by Gasteiger charge is -1.95. The molecule has 1 rings (SSSR count). The van der Waals surface area contributed by atoms with Gasteiger partial charge in [0.2, 0.25) is 0 Å². The van der Waals surface area contributed by atoms with E-state index in [1.807, 2.05) is 6.07 Å². The molecule has 0 aromatic heterocycles. The fraction of sp³-hybridized carbons (Fsp3) is 0. The highest BCUT2D eigenvalue weighted by atomic mass is 127. The van der Waals surface area contributed by atoms with E-state index in [0.717, 1.165) is 9.13 Å². The molecular formula is C7H5ClINO. The van der Waals surface area contributed by atoms with Crippen LogP contribution in [0.3, 0.4) is 0 Å². The van der Waals surface area contributed by atoms with E-state index in [4.69, 9.17) is 16.8 Å². The maximum absolute atomic E-state index is 8.21. The lowest BCUT2D eigenvalue weighted by molar-refractivity contribution is 0.322. The van der Waals surface area contributed by atoms with Crippen molar-refractivity contribution in [3.05, 3.63) is 32.4 Å². The molecular weight excluding hydrogens is 276 g/mol. The van der Waals surface area contributed by atoms with E-state index in [1.54, 1.807) is 12.1 Å². The van der Waals surface area contributed by atoms with Crippen molar-refractivity contribution in [2.24, 2.45) is 5.16 Å². The third-order valence-electron chi connectivity index (χ3n) is 1.15. The van der Waals surface area contributed by atoms with Gasteiger partial charge >= 0.3 is 0 Å². The Morgan fingerprint density at radius 2 is 2.27 bits per heavy atom. The molecule has 11 heavy (non-hydrogen) atoms. The van der Waals surface area contributed by atoms with Gasteiger partial charge in [0.1, 0.15) is 0 Å². The van der Waals surface area contributed by atoms with Crippen LogP contribution in [0.25, 0.3) is 0 Å². The first-order valence-electron chi connectivity index (χ1n) is 2.86. The summed E-state index contributed by atoms with van der Waals surface area (Å²) in [5.41, 5.74) is 0.835. The summed E-state index contributed by atoms with van der Waals surface area (Å²) in [6.07, 6.45) is 1.36. The molecule has 0 spiro atoms. The highest BCUT2D eigenvalue weighted by Gasteiger charge is 1.95. The van der Waals surface area contributed by atoms with E-state index < -0.39 is 0 Å². The summed E-state index contributed by atoms with van der Waals surface area (Å²) in [5.74, 6) is 0. The van der Waals surface area contributed by atoms with Crippen LogP contribution in [-0.4, -0.2) is 11.4 Å². The molecule has 2 nitrogen and oxygen atoms in total. The van der Waals surface area contributed by atoms with Gasteiger partial charge in [-0.25, -0.2) is 0 Å². The summed E-state index contributed by atoms with van der Waals surface area (Å²) < 4.78 is 0.946. The van der Waals surface area contributed by atoms with Gasteiger partial charge in [-0.3, -0.25) is 0 Å². The van der Waals surface area contributed by atoms with Gasteiger partial charge in [0.25, 0.3) is 0 Å². The summed E-state index contributed by atoms with van der Waals surface area (Å²) in [4.78, 5) is 0. The summed E-state index contributed by atoms with van der Waals surface area (Å²) in [6, 6.07) is 5.38. The lowest BCUT2D eigenvalue weighted by atomic mass is 10.2. The minimum absolute atomic E-state index is 0.709. The van der Waals surface area contributed by atoms with Crippen molar-refractivity contribution in [3.8, 4) is 0 Å². The minimum atomic E-state index is 0.709. The van der Waals surface area contributed by atoms with Crippen LogP contribution in [0, 0.1) is 3.57 Å². The normalized spacial score (nSPS) is 10.7. The second kappa shape index (κ2) is 3.92. The van der Waals surface area contributed by atoms with E-state index in [0.29, 0.717) is 5.02 Å². The van der Waals surface area contributed by atoms with E-state index in [2.05, 4.69) is 27.7 Å². The molecule has 0 unspecified atom stereocenters. The third kappa shape index (κ3) is 2.34. The molecule has 0 amide bonds. The van der Waals surface area contributed by atoms with Crippen LogP contribution in [0.4, 0.5) is 0 Å². The smallest absolute Gasteiger partial charge is 0.0734 e. The molecule has 0 saturated carbocycles. The molecule has 0 aliphatic rings. The van der Waals surface area contributed by atoms with E-state index >= 15 is 0 Å². The molecule has 1 aromatic carbocycles. The van der Waals surface area contributed by atoms with Crippen molar-refractivity contribution in [1.82, 2.24) is 0 Å². The van der Waals surface area contributed by atoms with Gasteiger partial charge in [-0.1, -0.05) is 22.8 Å². The predicted octanol–water partition coefficient (Wildman–Crippen LogP) is 2.75. The van der Waals surface area contributed by atoms with Gasteiger partial charge < -0.3 is 5.21 Å². The van der Waals surface area contributed by atoms with E-state index in [1.165, 1.54) is 6.21 Å². The van der Waals surface area contributed by atoms with E-state index in [9.17, 15) is 0 Å². The number of hydrogen-bond donors (Lipinski definition) is 1. The Hall–Kier alpha value is -0.290. The Morgan fingerprint density at radius 1 is 1.55 bits per heavy atom. The number of oxime groups is 1. The Morgan fingerprint density at radius 3 is 2.82 bits per heavy atom. The van der Waals surface area contributed by atoms with Crippen molar-refractivity contribution in [2.75, 3.05) is 0 Å². The van der Waals surface area contributed by atoms with Crippen LogP contribution in [0.5, 0.6) is 0 Å². The highest BCUT2D eigenvalue weighted by Crippen LogP contribution is 2.18. The second-order valence-electron chi connectivity index (χ2n) is 1.92. The zero-order valence-electron chi connectivity index (χ0n) is 5.46. The number of benzene rings is 1. The maximum atomic E-state index is 8.21. The van der Waals surface area contributed by atoms with Crippen molar-refractivity contribution in [1.29, 1.82) is 0 Å². The third-order valence-corrected chi connectivity index (χ3v) is 2.69. The van der Waals surface area contributed by atoms with Crippen molar-refractivity contribution < 1.29 is 5.21 Å². The quantitative estimate of drug-likeness (QED) is 0.365. The Kier molecular flexibility index (Phi) is 3.14. The van der Waals surface area contributed by atoms with Crippen LogP contribution in [0.1, 0.15) is 5.56 Å². The van der Waals surface area contributed by atoms with Gasteiger partial charge in [-0.05, 0) is 40.3 Å². The molecule has 0 radical (unpaired) electrons. The topological polar surface area (TPSA) is 32.6 Å². The molecule has 1 N–H and O–H groups in total. The molecule has 0 aliphatic carbocycles. The predicted molar refractivity (Wildman–Crippen MR) is 53.5 cm³/mol. The summed E-state index contributed by atoms with van der Waals surface area (Å²) in [6.45, 7) is 0. The van der Waals surface area contributed by atoms with Gasteiger partial charge in [-0.15, -0.1) is 0 Å². The Labute approximate surface area is 83.0 Å². The fourth-order valence-corrected chi connectivity index (χ4v) is 1.32. The molecule has 1 aromatic rings. The molecule has 0 aliphatic heterocycles. The van der Waals surface area contributed by atoms with Gasteiger partial charge in [0.05, 0.1) is 11.2 Å². The zero-order chi connectivity index (χ0) is 8.27. The average molecular weight is 281 g/mol. The van der Waals surface area contributed by atoms with Gasteiger partial charge in [0.15, 0.2) is 0 Å². The van der Waals surface area contributed by atoms with Crippen LogP contribution in [-0.2, 0) is 0 Å². The first-order chi connectivity index (χ1) is 5.24. The first kappa shape index (κ1) is 8.80. The largest absolute Gasteiger partial charge is 0.411 e. The van der Waals surface area contributed by atoms with Gasteiger partial charge in [0, 0.05) is 3.57 Å². The highest BCUT2D eigenvalue weighted by molar-refractivity contribution is 14.1. The minimum Gasteiger partial charge on any atom is -0.411 e. The number of rotatable bonds is 1. The second-order valence-corrected chi connectivity index (χ2v) is 3.49. The SMILES string of the molecule is O/N=C\c1ccc(Cl)c(I)c1. The number of hydrogen-bond acceptors (Lipinski definition) is 2. The summed E-state index contributed by atoms with van der Waals surface area (Å²) in [7, 11) is 0. The molecule has 0 atom stereocenters. The first-order valence-corrected chi connectivity index (χ1v) is 4.32. The van der Waals surface area contributed by atoms with Crippen molar-refractivity contribution in [2.45, 2.75) is 0 Å². The Balaban J connectivity index is 3.05. The molecule has 0 heterocycles. The van der Waals surface area contributed by atoms with E-state index in [-0.39, 0.29) is 0 Å². The summed E-state index contributed by atoms with van der Waals surface area (Å²) in [5, 5.41) is 11.8. The van der Waals surface area contributed by atoms with Crippen LogP contribution in [0.15, 0.2) is 23.4 Å². The molecule has 0 saturated heterocycles. The van der Waals surface area contributed by atoms with Crippen LogP contribution < -0.4 is 0 Å². The van der Waals surface area contributed by atoms with Gasteiger partial charge in [-0.2, -0.15) is 0 Å². The average Bonchev–Trinajstić information content (AvgIpc) is 1.98. The van der Waals surface area contributed by atoms with Crippen molar-refractivity contribution in [3.63, 3.8) is 0 Å².